The van der Waals surface area contributed by atoms with Gasteiger partial charge < -0.3 is 19.4 Å². The number of benzene rings is 2. The lowest BCUT2D eigenvalue weighted by Gasteiger charge is -2.35. The van der Waals surface area contributed by atoms with Gasteiger partial charge in [0.25, 0.3) is 5.91 Å². The summed E-state index contributed by atoms with van der Waals surface area (Å²) in [6.45, 7) is 4.56. The van der Waals surface area contributed by atoms with Gasteiger partial charge in [0.15, 0.2) is 5.78 Å². The number of carbonyl (C=O) groups excluding carboxylic acids is 2. The summed E-state index contributed by atoms with van der Waals surface area (Å²) < 4.78 is 10.7. The highest BCUT2D eigenvalue weighted by Gasteiger charge is 2.28. The molecule has 0 saturated heterocycles. The third-order valence-corrected chi connectivity index (χ3v) is 5.70. The Hall–Kier alpha value is -3.80. The largest absolute Gasteiger partial charge is 0.497 e. The lowest BCUT2D eigenvalue weighted by atomic mass is 9.85. The van der Waals surface area contributed by atoms with Crippen LogP contribution in [-0.2, 0) is 13.0 Å². The zero-order chi connectivity index (χ0) is 23.6. The average Bonchev–Trinajstić information content (AvgIpc) is 3.30. The number of nitrogens with zero attached hydrogens (tertiary/aromatic N) is 1. The summed E-state index contributed by atoms with van der Waals surface area (Å²) in [5.74, 6) is 1.08. The normalized spacial score (nSPS) is 15.5. The number of nitrogens with one attached hydrogen (secondary N) is 1. The van der Waals surface area contributed by atoms with E-state index < -0.39 is 0 Å². The standard InChI is InChI=1S/C27H28N2O4/c1-27(2)16-20-10-11-21(32-4)14-23(20)24(28-27)15-25(30)18-7-5-8-19(13-18)26(31)29(3)17-22-9-6-12-33-22/h5-15,28H,16-17H2,1-4H3. The summed E-state index contributed by atoms with van der Waals surface area (Å²) in [7, 11) is 3.33. The van der Waals surface area contributed by atoms with E-state index in [1.54, 1.807) is 61.7 Å². The maximum atomic E-state index is 13.2. The van der Waals surface area contributed by atoms with Crippen LogP contribution in [0.2, 0.25) is 0 Å². The van der Waals surface area contributed by atoms with E-state index in [4.69, 9.17) is 9.15 Å². The quantitative estimate of drug-likeness (QED) is 0.440. The molecule has 0 fully saturated rings. The Labute approximate surface area is 193 Å². The first-order valence-corrected chi connectivity index (χ1v) is 10.9. The zero-order valence-electron chi connectivity index (χ0n) is 19.3. The Morgan fingerprint density at radius 3 is 2.64 bits per heavy atom. The van der Waals surface area contributed by atoms with E-state index in [1.807, 2.05) is 24.3 Å². The summed E-state index contributed by atoms with van der Waals surface area (Å²) >= 11 is 0. The van der Waals surface area contributed by atoms with Gasteiger partial charge in [0, 0.05) is 41.1 Å². The number of hydrogen-bond acceptors (Lipinski definition) is 5. The van der Waals surface area contributed by atoms with Crippen molar-refractivity contribution < 1.29 is 18.7 Å². The van der Waals surface area contributed by atoms with E-state index >= 15 is 0 Å². The van der Waals surface area contributed by atoms with Gasteiger partial charge in [-0.1, -0.05) is 18.2 Å². The summed E-state index contributed by atoms with van der Waals surface area (Å²) in [6, 6.07) is 16.3. The molecule has 0 saturated carbocycles. The van der Waals surface area contributed by atoms with Crippen molar-refractivity contribution >= 4 is 17.4 Å². The Morgan fingerprint density at radius 1 is 1.12 bits per heavy atom. The molecule has 1 aromatic heterocycles. The molecule has 0 atom stereocenters. The van der Waals surface area contributed by atoms with Crippen LogP contribution >= 0.6 is 0 Å². The van der Waals surface area contributed by atoms with Crippen LogP contribution in [0.3, 0.4) is 0 Å². The predicted molar refractivity (Wildman–Crippen MR) is 127 cm³/mol. The third kappa shape index (κ3) is 5.00. The molecule has 0 aliphatic carbocycles. The number of ketones is 1. The van der Waals surface area contributed by atoms with Gasteiger partial charge in [-0.3, -0.25) is 9.59 Å². The number of fused-ring (bicyclic) bond motifs is 1. The van der Waals surface area contributed by atoms with Gasteiger partial charge in [-0.15, -0.1) is 0 Å². The summed E-state index contributed by atoms with van der Waals surface area (Å²) in [5, 5.41) is 3.48. The van der Waals surface area contributed by atoms with Gasteiger partial charge in [-0.05, 0) is 62.2 Å². The zero-order valence-corrected chi connectivity index (χ0v) is 19.3. The van der Waals surface area contributed by atoms with Crippen LogP contribution < -0.4 is 10.1 Å². The van der Waals surface area contributed by atoms with Gasteiger partial charge in [-0.25, -0.2) is 0 Å². The molecule has 2 aromatic carbocycles. The molecule has 1 aliphatic heterocycles. The van der Waals surface area contributed by atoms with Crippen molar-refractivity contribution in [3.8, 4) is 5.75 Å². The number of furan rings is 1. The smallest absolute Gasteiger partial charge is 0.254 e. The number of amides is 1. The van der Waals surface area contributed by atoms with Crippen LogP contribution in [0.5, 0.6) is 5.75 Å². The van der Waals surface area contributed by atoms with E-state index in [9.17, 15) is 9.59 Å². The first kappa shape index (κ1) is 22.4. The Bertz CT molecular complexity index is 1210. The fourth-order valence-corrected chi connectivity index (χ4v) is 4.10. The molecule has 4 rings (SSSR count). The molecule has 1 aliphatic rings. The summed E-state index contributed by atoms with van der Waals surface area (Å²) in [6.07, 6.45) is 4.02. The van der Waals surface area contributed by atoms with Crippen LogP contribution in [0.4, 0.5) is 0 Å². The van der Waals surface area contributed by atoms with Crippen molar-refractivity contribution in [2.45, 2.75) is 32.4 Å². The highest BCUT2D eigenvalue weighted by atomic mass is 16.5. The molecule has 2 heterocycles. The van der Waals surface area contributed by atoms with Crippen molar-refractivity contribution in [1.82, 2.24) is 10.2 Å². The number of ether oxygens (including phenoxy) is 1. The maximum Gasteiger partial charge on any atom is 0.254 e. The van der Waals surface area contributed by atoms with Gasteiger partial charge in [0.1, 0.15) is 11.5 Å². The minimum Gasteiger partial charge on any atom is -0.497 e. The van der Waals surface area contributed by atoms with Crippen molar-refractivity contribution in [3.05, 3.63) is 95.0 Å². The Balaban J connectivity index is 1.61. The molecule has 170 valence electrons. The molecule has 3 aromatic rings. The van der Waals surface area contributed by atoms with Crippen molar-refractivity contribution in [2.75, 3.05) is 14.2 Å². The number of carbonyl (C=O) groups is 2. The Morgan fingerprint density at radius 2 is 1.91 bits per heavy atom. The van der Waals surface area contributed by atoms with E-state index in [-0.39, 0.29) is 17.2 Å². The minimum atomic E-state index is -0.194. The summed E-state index contributed by atoms with van der Waals surface area (Å²) in [5.41, 5.74) is 3.56. The highest BCUT2D eigenvalue weighted by molar-refractivity contribution is 6.10. The third-order valence-electron chi connectivity index (χ3n) is 5.70. The molecular formula is C27H28N2O4. The minimum absolute atomic E-state index is 0.174. The molecule has 33 heavy (non-hydrogen) atoms. The fraction of sp³-hybridized carbons (Fsp3) is 0.259. The van der Waals surface area contributed by atoms with E-state index in [1.165, 1.54) is 0 Å². The molecule has 6 heteroatoms. The summed E-state index contributed by atoms with van der Waals surface area (Å²) in [4.78, 5) is 27.7. The molecule has 0 spiro atoms. The van der Waals surface area contributed by atoms with Gasteiger partial charge in [-0.2, -0.15) is 0 Å². The fourth-order valence-electron chi connectivity index (χ4n) is 4.10. The molecule has 0 radical (unpaired) electrons. The number of methoxy groups -OCH3 is 1. The van der Waals surface area contributed by atoms with E-state index in [0.717, 1.165) is 29.0 Å². The molecule has 0 unspecified atom stereocenters. The molecule has 1 amide bonds. The van der Waals surface area contributed by atoms with Crippen LogP contribution in [0.15, 0.2) is 71.4 Å². The lowest BCUT2D eigenvalue weighted by Crippen LogP contribution is -2.43. The topological polar surface area (TPSA) is 71.8 Å². The highest BCUT2D eigenvalue weighted by Crippen LogP contribution is 2.32. The molecule has 1 N–H and O–H groups in total. The lowest BCUT2D eigenvalue weighted by molar-refractivity contribution is 0.0775. The van der Waals surface area contributed by atoms with Crippen molar-refractivity contribution in [3.63, 3.8) is 0 Å². The first-order chi connectivity index (χ1) is 15.8. The van der Waals surface area contributed by atoms with E-state index in [0.29, 0.717) is 23.4 Å². The van der Waals surface area contributed by atoms with Crippen molar-refractivity contribution in [2.24, 2.45) is 0 Å². The van der Waals surface area contributed by atoms with Crippen LogP contribution in [0.1, 0.15) is 51.5 Å². The second kappa shape index (κ2) is 8.98. The van der Waals surface area contributed by atoms with Gasteiger partial charge in [0.05, 0.1) is 19.9 Å². The molecule has 6 nitrogen and oxygen atoms in total. The molecular weight excluding hydrogens is 416 g/mol. The SMILES string of the molecule is COc1ccc2c(c1)C(=CC(=O)c1cccc(C(=O)N(C)Cc3ccco3)c1)NC(C)(C)C2. The maximum absolute atomic E-state index is 13.2. The van der Waals surface area contributed by atoms with Gasteiger partial charge in [0.2, 0.25) is 0 Å². The average molecular weight is 445 g/mol. The first-order valence-electron chi connectivity index (χ1n) is 10.9. The van der Waals surface area contributed by atoms with Crippen molar-refractivity contribution in [1.29, 1.82) is 0 Å². The Kier molecular flexibility index (Phi) is 6.09. The van der Waals surface area contributed by atoms with E-state index in [2.05, 4.69) is 19.2 Å². The second-order valence-electron chi connectivity index (χ2n) is 8.95. The number of allylic oxidation sites excluding steroid dienone is 1. The monoisotopic (exact) mass is 444 g/mol. The second-order valence-corrected chi connectivity index (χ2v) is 8.95. The molecule has 0 bridgehead atoms. The number of hydrogen-bond donors (Lipinski definition) is 1. The van der Waals surface area contributed by atoms with Crippen LogP contribution in [0, 0.1) is 0 Å². The van der Waals surface area contributed by atoms with Crippen LogP contribution in [-0.4, -0.2) is 36.3 Å². The van der Waals surface area contributed by atoms with Crippen LogP contribution in [0.25, 0.3) is 5.70 Å². The predicted octanol–water partition coefficient (Wildman–Crippen LogP) is 4.71. The number of rotatable bonds is 6. The van der Waals surface area contributed by atoms with Gasteiger partial charge >= 0.3 is 0 Å².